The second kappa shape index (κ2) is 8.05. The van der Waals surface area contributed by atoms with Gasteiger partial charge in [0.05, 0.1) is 6.61 Å². The Morgan fingerprint density at radius 1 is 0.929 bits per heavy atom. The third-order valence-electron chi connectivity index (χ3n) is 5.08. The first kappa shape index (κ1) is 19.2. The Morgan fingerprint density at radius 3 is 1.86 bits per heavy atom. The van der Waals surface area contributed by atoms with Crippen molar-refractivity contribution in [2.75, 3.05) is 25.6 Å². The summed E-state index contributed by atoms with van der Waals surface area (Å²) in [6.07, 6.45) is 0.0946. The number of hydrogen-bond acceptors (Lipinski definition) is 6. The van der Waals surface area contributed by atoms with Crippen molar-refractivity contribution in [3.63, 3.8) is 0 Å². The van der Waals surface area contributed by atoms with Crippen LogP contribution in [0, 0.1) is 0 Å². The highest BCUT2D eigenvalue weighted by Gasteiger charge is 2.26. The molecule has 2 aromatic carbocycles. The predicted molar refractivity (Wildman–Crippen MR) is 108 cm³/mol. The first-order chi connectivity index (χ1) is 13.5. The van der Waals surface area contributed by atoms with Gasteiger partial charge >= 0.3 is 5.30 Å². The fourth-order valence-electron chi connectivity index (χ4n) is 3.09. The molecule has 2 fully saturated rings. The van der Waals surface area contributed by atoms with Crippen molar-refractivity contribution in [1.29, 1.82) is 0 Å². The second-order valence-electron chi connectivity index (χ2n) is 7.55. The maximum Gasteiger partial charge on any atom is 0.367 e. The number of carbonyl (C=O) groups is 1. The first-order valence-corrected chi connectivity index (χ1v) is 10.4. The number of ether oxygens (including phenoxy) is 4. The highest BCUT2D eigenvalue weighted by molar-refractivity contribution is 8.13. The van der Waals surface area contributed by atoms with Crippen LogP contribution in [0.25, 0.3) is 0 Å². The minimum absolute atomic E-state index is 0.145. The van der Waals surface area contributed by atoms with E-state index in [0.29, 0.717) is 19.0 Å². The maximum absolute atomic E-state index is 11.1. The lowest BCUT2D eigenvalue weighted by molar-refractivity contribution is 0.106. The van der Waals surface area contributed by atoms with Gasteiger partial charge in [-0.1, -0.05) is 38.1 Å². The Morgan fingerprint density at radius 2 is 1.43 bits per heavy atom. The number of thioether (sulfide) groups is 1. The molecule has 0 N–H and O–H groups in total. The molecule has 6 heteroatoms. The molecule has 0 radical (unpaired) electrons. The zero-order valence-corrected chi connectivity index (χ0v) is 16.9. The summed E-state index contributed by atoms with van der Waals surface area (Å²) in [6, 6.07) is 16.3. The number of rotatable bonds is 8. The van der Waals surface area contributed by atoms with Crippen molar-refractivity contribution in [1.82, 2.24) is 0 Å². The van der Waals surface area contributed by atoms with Crippen LogP contribution in [0.1, 0.15) is 25.0 Å². The van der Waals surface area contributed by atoms with E-state index < -0.39 is 0 Å². The van der Waals surface area contributed by atoms with Crippen LogP contribution in [0.2, 0.25) is 0 Å². The average molecular weight is 400 g/mol. The number of hydrogen-bond donors (Lipinski definition) is 0. The summed E-state index contributed by atoms with van der Waals surface area (Å²) in [5, 5.41) is -0.219. The van der Waals surface area contributed by atoms with Gasteiger partial charge in [0.15, 0.2) is 0 Å². The standard InChI is InChI=1S/C22H24O5S/c1-22(2,15-3-7-17(8-4-15)24-11-19-12-26-19)16-5-9-18(10-6-16)25-13-20-14-28-21(23)27-20/h3-10,19-20H,11-14H2,1-2H3. The van der Waals surface area contributed by atoms with Gasteiger partial charge < -0.3 is 18.9 Å². The van der Waals surface area contributed by atoms with Gasteiger partial charge in [0.1, 0.15) is 36.9 Å². The van der Waals surface area contributed by atoms with Crippen LogP contribution in [0.5, 0.6) is 11.5 Å². The second-order valence-corrected chi connectivity index (χ2v) is 8.51. The topological polar surface area (TPSA) is 57.3 Å². The van der Waals surface area contributed by atoms with Crippen molar-refractivity contribution < 1.29 is 23.7 Å². The quantitative estimate of drug-likeness (QED) is 0.483. The maximum atomic E-state index is 11.1. The highest BCUT2D eigenvalue weighted by Crippen LogP contribution is 2.33. The molecule has 2 aliphatic rings. The van der Waals surface area contributed by atoms with E-state index in [4.69, 9.17) is 18.9 Å². The minimum atomic E-state index is -0.219. The molecule has 0 aromatic heterocycles. The summed E-state index contributed by atoms with van der Waals surface area (Å²) >= 11 is 1.20. The van der Waals surface area contributed by atoms with E-state index in [1.54, 1.807) is 0 Å². The molecule has 148 valence electrons. The van der Waals surface area contributed by atoms with Crippen LogP contribution in [0.3, 0.4) is 0 Å². The van der Waals surface area contributed by atoms with E-state index >= 15 is 0 Å². The van der Waals surface area contributed by atoms with Crippen LogP contribution >= 0.6 is 11.8 Å². The molecule has 0 bridgehead atoms. The summed E-state index contributed by atoms with van der Waals surface area (Å²) in [7, 11) is 0. The smallest absolute Gasteiger partial charge is 0.367 e. The molecule has 4 rings (SSSR count). The molecule has 2 heterocycles. The largest absolute Gasteiger partial charge is 0.491 e. The highest BCUT2D eigenvalue weighted by atomic mass is 32.2. The Balaban J connectivity index is 1.36. The van der Waals surface area contributed by atoms with Crippen LogP contribution < -0.4 is 9.47 Å². The molecule has 0 amide bonds. The summed E-state index contributed by atoms with van der Waals surface area (Å²) in [4.78, 5) is 11.1. The fraction of sp³-hybridized carbons (Fsp3) is 0.409. The Bertz CT molecular complexity index is 812. The molecule has 5 nitrogen and oxygen atoms in total. The van der Waals surface area contributed by atoms with Gasteiger partial charge in [-0.25, -0.2) is 4.79 Å². The summed E-state index contributed by atoms with van der Waals surface area (Å²) in [5.41, 5.74) is 2.27. The van der Waals surface area contributed by atoms with Crippen LogP contribution in [0.4, 0.5) is 4.79 Å². The molecule has 2 aromatic rings. The number of epoxide rings is 1. The van der Waals surface area contributed by atoms with Gasteiger partial charge in [-0.05, 0) is 47.2 Å². The van der Waals surface area contributed by atoms with Gasteiger partial charge in [0, 0.05) is 11.2 Å². The van der Waals surface area contributed by atoms with Crippen molar-refractivity contribution >= 4 is 17.1 Å². The summed E-state index contributed by atoms with van der Waals surface area (Å²) < 4.78 is 21.8. The zero-order valence-electron chi connectivity index (χ0n) is 16.1. The minimum Gasteiger partial charge on any atom is -0.491 e. The van der Waals surface area contributed by atoms with Gasteiger partial charge in [-0.15, -0.1) is 0 Å². The molecule has 0 aliphatic carbocycles. The number of cyclic esters (lactones) is 1. The molecular formula is C22H24O5S. The third-order valence-corrected chi connectivity index (χ3v) is 5.95. The van der Waals surface area contributed by atoms with Gasteiger partial charge in [-0.3, -0.25) is 0 Å². The van der Waals surface area contributed by atoms with Crippen molar-refractivity contribution in [2.45, 2.75) is 31.5 Å². The predicted octanol–water partition coefficient (Wildman–Crippen LogP) is 4.42. The SMILES string of the molecule is CC(C)(c1ccc(OCC2CO2)cc1)c1ccc(OCC2CSC(=O)O2)cc1. The van der Waals surface area contributed by atoms with Crippen LogP contribution in [-0.4, -0.2) is 43.1 Å². The number of carbonyl (C=O) groups excluding carboxylic acids is 1. The monoisotopic (exact) mass is 400 g/mol. The Kier molecular flexibility index (Phi) is 5.51. The van der Waals surface area contributed by atoms with Crippen molar-refractivity contribution in [2.24, 2.45) is 0 Å². The van der Waals surface area contributed by atoms with E-state index in [-0.39, 0.29) is 22.9 Å². The lowest BCUT2D eigenvalue weighted by atomic mass is 9.78. The molecular weight excluding hydrogens is 376 g/mol. The average Bonchev–Trinajstić information content (AvgIpc) is 3.45. The van der Waals surface area contributed by atoms with Crippen molar-refractivity contribution in [3.05, 3.63) is 59.7 Å². The van der Waals surface area contributed by atoms with E-state index in [1.807, 2.05) is 24.3 Å². The molecule has 28 heavy (non-hydrogen) atoms. The van der Waals surface area contributed by atoms with Gasteiger partial charge in [0.25, 0.3) is 0 Å². The van der Waals surface area contributed by atoms with Crippen LogP contribution in [0.15, 0.2) is 48.5 Å². The van der Waals surface area contributed by atoms with E-state index in [1.165, 1.54) is 22.9 Å². The summed E-state index contributed by atoms with van der Waals surface area (Å²) in [6.45, 7) is 6.20. The zero-order chi connectivity index (χ0) is 19.6. The fourth-order valence-corrected chi connectivity index (χ4v) is 3.78. The normalized spacial score (nSPS) is 21.3. The Labute approximate surface area is 169 Å². The summed E-state index contributed by atoms with van der Waals surface area (Å²) in [5.74, 6) is 2.29. The lowest BCUT2D eigenvalue weighted by Gasteiger charge is -2.26. The van der Waals surface area contributed by atoms with E-state index in [0.717, 1.165) is 18.1 Å². The molecule has 2 saturated heterocycles. The molecule has 0 saturated carbocycles. The van der Waals surface area contributed by atoms with E-state index in [2.05, 4.69) is 38.1 Å². The lowest BCUT2D eigenvalue weighted by Crippen LogP contribution is -2.20. The molecule has 2 atom stereocenters. The number of benzene rings is 2. The van der Waals surface area contributed by atoms with E-state index in [9.17, 15) is 4.79 Å². The van der Waals surface area contributed by atoms with Crippen molar-refractivity contribution in [3.8, 4) is 11.5 Å². The van der Waals surface area contributed by atoms with Gasteiger partial charge in [-0.2, -0.15) is 0 Å². The third kappa shape index (κ3) is 4.62. The molecule has 2 aliphatic heterocycles. The van der Waals surface area contributed by atoms with Crippen LogP contribution in [-0.2, 0) is 14.9 Å². The molecule has 2 unspecified atom stereocenters. The first-order valence-electron chi connectivity index (χ1n) is 9.42. The Hall–Kier alpha value is -2.18. The molecule has 0 spiro atoms. The van der Waals surface area contributed by atoms with Gasteiger partial charge in [0.2, 0.25) is 0 Å².